The molecule has 0 aromatic heterocycles. The Morgan fingerprint density at radius 3 is 2.93 bits per heavy atom. The van der Waals surface area contributed by atoms with Crippen molar-refractivity contribution in [2.45, 2.75) is 31.7 Å². The van der Waals surface area contributed by atoms with Crippen LogP contribution in [0.5, 0.6) is 5.75 Å². The van der Waals surface area contributed by atoms with Gasteiger partial charge in [-0.05, 0) is 49.1 Å². The number of likely N-dealkylation sites (N-methyl/N-ethyl adjacent to an activating group) is 1. The highest BCUT2D eigenvalue weighted by Crippen LogP contribution is 2.33. The molecule has 0 fully saturated rings. The van der Waals surface area contributed by atoms with E-state index in [2.05, 4.69) is 18.3 Å². The van der Waals surface area contributed by atoms with Crippen LogP contribution in [0.25, 0.3) is 0 Å². The SMILES string of the molecule is CNC1CCc2cc(O)ccc2C1C. The van der Waals surface area contributed by atoms with Gasteiger partial charge in [-0.2, -0.15) is 0 Å². The summed E-state index contributed by atoms with van der Waals surface area (Å²) in [7, 11) is 2.02. The summed E-state index contributed by atoms with van der Waals surface area (Å²) in [5, 5.41) is 12.7. The largest absolute Gasteiger partial charge is 0.508 e. The normalized spacial score (nSPS) is 25.9. The van der Waals surface area contributed by atoms with Gasteiger partial charge < -0.3 is 10.4 Å². The second-order valence-electron chi connectivity index (χ2n) is 4.11. The predicted octanol–water partition coefficient (Wildman–Crippen LogP) is 2.03. The van der Waals surface area contributed by atoms with Crippen LogP contribution in [-0.4, -0.2) is 18.2 Å². The molecule has 2 heteroatoms. The average molecular weight is 191 g/mol. The van der Waals surface area contributed by atoms with E-state index >= 15 is 0 Å². The van der Waals surface area contributed by atoms with Crippen LogP contribution in [-0.2, 0) is 6.42 Å². The molecule has 0 aliphatic heterocycles. The number of aryl methyl sites for hydroxylation is 1. The van der Waals surface area contributed by atoms with Gasteiger partial charge in [0.05, 0.1) is 0 Å². The van der Waals surface area contributed by atoms with E-state index < -0.39 is 0 Å². The molecule has 0 radical (unpaired) electrons. The van der Waals surface area contributed by atoms with E-state index in [1.807, 2.05) is 13.1 Å². The molecule has 0 saturated carbocycles. The summed E-state index contributed by atoms with van der Waals surface area (Å²) in [6.07, 6.45) is 2.23. The molecule has 2 unspecified atom stereocenters. The molecule has 14 heavy (non-hydrogen) atoms. The number of rotatable bonds is 1. The molecule has 0 saturated heterocycles. The molecule has 2 atom stereocenters. The summed E-state index contributed by atoms with van der Waals surface area (Å²) < 4.78 is 0. The Morgan fingerprint density at radius 1 is 1.43 bits per heavy atom. The highest BCUT2D eigenvalue weighted by molar-refractivity contribution is 5.39. The molecule has 1 aliphatic rings. The van der Waals surface area contributed by atoms with Crippen molar-refractivity contribution in [2.75, 3.05) is 7.05 Å². The smallest absolute Gasteiger partial charge is 0.115 e. The Bertz CT molecular complexity index is 335. The lowest BCUT2D eigenvalue weighted by Gasteiger charge is -2.31. The van der Waals surface area contributed by atoms with Crippen molar-refractivity contribution in [3.05, 3.63) is 29.3 Å². The van der Waals surface area contributed by atoms with Crippen LogP contribution >= 0.6 is 0 Å². The van der Waals surface area contributed by atoms with E-state index in [0.29, 0.717) is 17.7 Å². The van der Waals surface area contributed by atoms with Crippen LogP contribution in [0.2, 0.25) is 0 Å². The van der Waals surface area contributed by atoms with E-state index in [9.17, 15) is 5.11 Å². The van der Waals surface area contributed by atoms with Gasteiger partial charge in [0.1, 0.15) is 5.75 Å². The number of phenols is 1. The number of aromatic hydroxyl groups is 1. The Balaban J connectivity index is 2.36. The van der Waals surface area contributed by atoms with Crippen molar-refractivity contribution in [1.82, 2.24) is 5.32 Å². The molecule has 1 aromatic rings. The zero-order valence-corrected chi connectivity index (χ0v) is 8.75. The number of phenolic OH excluding ortho intramolecular Hbond substituents is 1. The second kappa shape index (κ2) is 3.62. The van der Waals surface area contributed by atoms with Gasteiger partial charge >= 0.3 is 0 Å². The highest BCUT2D eigenvalue weighted by Gasteiger charge is 2.24. The van der Waals surface area contributed by atoms with Crippen molar-refractivity contribution in [1.29, 1.82) is 0 Å². The molecule has 2 rings (SSSR count). The minimum atomic E-state index is 0.388. The van der Waals surface area contributed by atoms with E-state index in [-0.39, 0.29) is 0 Å². The van der Waals surface area contributed by atoms with Crippen molar-refractivity contribution < 1.29 is 5.11 Å². The van der Waals surface area contributed by atoms with Gasteiger partial charge in [-0.1, -0.05) is 13.0 Å². The predicted molar refractivity (Wildman–Crippen MR) is 57.7 cm³/mol. The van der Waals surface area contributed by atoms with Gasteiger partial charge in [0.25, 0.3) is 0 Å². The summed E-state index contributed by atoms with van der Waals surface area (Å²) in [5.41, 5.74) is 2.69. The second-order valence-corrected chi connectivity index (χ2v) is 4.11. The highest BCUT2D eigenvalue weighted by atomic mass is 16.3. The number of fused-ring (bicyclic) bond motifs is 1. The Kier molecular flexibility index (Phi) is 2.46. The van der Waals surface area contributed by atoms with Crippen molar-refractivity contribution in [3.8, 4) is 5.75 Å². The first-order valence-electron chi connectivity index (χ1n) is 5.21. The molecule has 0 amide bonds. The van der Waals surface area contributed by atoms with Gasteiger partial charge in [0.15, 0.2) is 0 Å². The molecular weight excluding hydrogens is 174 g/mol. The van der Waals surface area contributed by atoms with Gasteiger partial charge in [0, 0.05) is 6.04 Å². The minimum absolute atomic E-state index is 0.388. The van der Waals surface area contributed by atoms with Crippen LogP contribution in [0.15, 0.2) is 18.2 Å². The third-order valence-electron chi connectivity index (χ3n) is 3.32. The van der Waals surface area contributed by atoms with E-state index in [1.54, 1.807) is 6.07 Å². The minimum Gasteiger partial charge on any atom is -0.508 e. The zero-order chi connectivity index (χ0) is 10.1. The quantitative estimate of drug-likeness (QED) is 0.712. The van der Waals surface area contributed by atoms with Gasteiger partial charge in [0.2, 0.25) is 0 Å². The van der Waals surface area contributed by atoms with Crippen LogP contribution < -0.4 is 5.32 Å². The summed E-state index contributed by atoms with van der Waals surface area (Å²) in [6, 6.07) is 6.32. The van der Waals surface area contributed by atoms with Crippen molar-refractivity contribution >= 4 is 0 Å². The van der Waals surface area contributed by atoms with Crippen molar-refractivity contribution in [3.63, 3.8) is 0 Å². The molecular formula is C12H17NO. The Labute approximate surface area is 85.0 Å². The third kappa shape index (κ3) is 1.50. The first kappa shape index (κ1) is 9.53. The summed E-state index contributed by atoms with van der Waals surface area (Å²) in [4.78, 5) is 0. The number of benzene rings is 1. The average Bonchev–Trinajstić information content (AvgIpc) is 2.18. The summed E-state index contributed by atoms with van der Waals surface area (Å²) >= 11 is 0. The fourth-order valence-corrected chi connectivity index (χ4v) is 2.42. The van der Waals surface area contributed by atoms with Crippen LogP contribution in [0, 0.1) is 0 Å². The van der Waals surface area contributed by atoms with Gasteiger partial charge in [-0.15, -0.1) is 0 Å². The molecule has 0 heterocycles. The number of hydrogen-bond donors (Lipinski definition) is 2. The number of nitrogens with one attached hydrogen (secondary N) is 1. The van der Waals surface area contributed by atoms with Crippen LogP contribution in [0.1, 0.15) is 30.4 Å². The molecule has 2 N–H and O–H groups in total. The number of hydrogen-bond acceptors (Lipinski definition) is 2. The first-order chi connectivity index (χ1) is 6.72. The maximum absolute atomic E-state index is 9.38. The lowest BCUT2D eigenvalue weighted by Crippen LogP contribution is -2.34. The molecule has 1 aliphatic carbocycles. The molecule has 0 spiro atoms. The van der Waals surface area contributed by atoms with Gasteiger partial charge in [-0.25, -0.2) is 0 Å². The van der Waals surface area contributed by atoms with Gasteiger partial charge in [-0.3, -0.25) is 0 Å². The Hall–Kier alpha value is -1.02. The van der Waals surface area contributed by atoms with E-state index in [1.165, 1.54) is 11.1 Å². The lowest BCUT2D eigenvalue weighted by molar-refractivity contribution is 0.427. The maximum atomic E-state index is 9.38. The standard InChI is InChI=1S/C12H17NO/c1-8-11-5-4-10(14)7-9(11)3-6-12(8)13-2/h4-5,7-8,12-14H,3,6H2,1-2H3. The third-order valence-corrected chi connectivity index (χ3v) is 3.32. The molecule has 76 valence electrons. The topological polar surface area (TPSA) is 32.3 Å². The molecule has 0 bridgehead atoms. The summed E-state index contributed by atoms with van der Waals surface area (Å²) in [6.45, 7) is 2.25. The fraction of sp³-hybridized carbons (Fsp3) is 0.500. The maximum Gasteiger partial charge on any atom is 0.115 e. The zero-order valence-electron chi connectivity index (χ0n) is 8.75. The fourth-order valence-electron chi connectivity index (χ4n) is 2.42. The van der Waals surface area contributed by atoms with E-state index in [0.717, 1.165) is 12.8 Å². The monoisotopic (exact) mass is 191 g/mol. The summed E-state index contributed by atoms with van der Waals surface area (Å²) in [5.74, 6) is 0.934. The van der Waals surface area contributed by atoms with Crippen molar-refractivity contribution in [2.24, 2.45) is 0 Å². The first-order valence-corrected chi connectivity index (χ1v) is 5.21. The van der Waals surface area contributed by atoms with Crippen LogP contribution in [0.4, 0.5) is 0 Å². The Morgan fingerprint density at radius 2 is 2.21 bits per heavy atom. The van der Waals surface area contributed by atoms with E-state index in [4.69, 9.17) is 0 Å². The van der Waals surface area contributed by atoms with Crippen LogP contribution in [0.3, 0.4) is 0 Å². The lowest BCUT2D eigenvalue weighted by atomic mass is 9.80. The molecule has 1 aromatic carbocycles. The molecule has 2 nitrogen and oxygen atoms in total.